The van der Waals surface area contributed by atoms with Gasteiger partial charge in [-0.2, -0.15) is 5.10 Å². The molecule has 12 heteroatoms. The number of nitrogens with zero attached hydrogens (tertiary/aromatic N) is 4. The molecular formula is C23H25F2N7O2S. The number of nitrogens with two attached hydrogens (primary N) is 1. The summed E-state index contributed by atoms with van der Waals surface area (Å²) in [6, 6.07) is 3.51. The molecule has 3 aromatic rings. The van der Waals surface area contributed by atoms with E-state index in [0.717, 1.165) is 61.5 Å². The molecule has 1 spiro atoms. The van der Waals surface area contributed by atoms with Crippen molar-refractivity contribution in [2.45, 2.75) is 37.6 Å². The van der Waals surface area contributed by atoms with Gasteiger partial charge in [-0.15, -0.1) is 0 Å². The standard InChI is InChI=1S/C23H25F2N7O2S/c1-31-22(32-10-3-7-23(9-11-32)8-6-16(33)30-23)15(12-27-31)28-20(34)18-19(26)35-21(29-18)17-13(24)4-2-5-14(17)25/h2,4-5,12H,3,6-11,26H2,1H3,(H,28,34)(H,30,33)/t23-/m1/s1. The molecule has 2 aromatic heterocycles. The fourth-order valence-corrected chi connectivity index (χ4v) is 5.81. The minimum absolute atomic E-state index is 0.00825. The summed E-state index contributed by atoms with van der Waals surface area (Å²) >= 11 is 0.846. The van der Waals surface area contributed by atoms with E-state index < -0.39 is 17.5 Å². The molecule has 2 aliphatic rings. The maximum Gasteiger partial charge on any atom is 0.277 e. The minimum atomic E-state index is -0.780. The second kappa shape index (κ2) is 8.91. The minimum Gasteiger partial charge on any atom is -0.389 e. The number of amides is 2. The molecule has 2 aliphatic heterocycles. The van der Waals surface area contributed by atoms with E-state index in [1.807, 2.05) is 0 Å². The summed E-state index contributed by atoms with van der Waals surface area (Å²) in [5, 5.41) is 10.3. The normalized spacial score (nSPS) is 20.2. The van der Waals surface area contributed by atoms with E-state index in [1.54, 1.807) is 17.9 Å². The number of benzene rings is 1. The Hall–Kier alpha value is -3.54. The zero-order valence-electron chi connectivity index (χ0n) is 19.1. The van der Waals surface area contributed by atoms with Crippen LogP contribution in [-0.2, 0) is 11.8 Å². The van der Waals surface area contributed by atoms with Crippen LogP contribution in [0.25, 0.3) is 10.6 Å². The smallest absolute Gasteiger partial charge is 0.277 e. The highest BCUT2D eigenvalue weighted by Gasteiger charge is 2.39. The van der Waals surface area contributed by atoms with Gasteiger partial charge in [-0.05, 0) is 37.8 Å². The monoisotopic (exact) mass is 501 g/mol. The molecule has 1 aromatic carbocycles. The third kappa shape index (κ3) is 4.33. The summed E-state index contributed by atoms with van der Waals surface area (Å²) in [4.78, 5) is 31.2. The van der Waals surface area contributed by atoms with Crippen molar-refractivity contribution in [3.05, 3.63) is 41.7 Å². The van der Waals surface area contributed by atoms with Crippen molar-refractivity contribution >= 4 is 39.7 Å². The Morgan fingerprint density at radius 3 is 2.71 bits per heavy atom. The van der Waals surface area contributed by atoms with Crippen molar-refractivity contribution in [1.29, 1.82) is 0 Å². The summed E-state index contributed by atoms with van der Waals surface area (Å²) in [5.41, 5.74) is 5.90. The van der Waals surface area contributed by atoms with E-state index >= 15 is 0 Å². The second-order valence-corrected chi connectivity index (χ2v) is 9.99. The number of hydrogen-bond donors (Lipinski definition) is 3. The third-order valence-corrected chi connectivity index (χ3v) is 7.58. The number of aryl methyl sites for hydroxylation is 1. The van der Waals surface area contributed by atoms with Gasteiger partial charge in [0.1, 0.15) is 27.3 Å². The van der Waals surface area contributed by atoms with Gasteiger partial charge in [0.25, 0.3) is 5.91 Å². The Kier molecular flexibility index (Phi) is 5.91. The van der Waals surface area contributed by atoms with Gasteiger partial charge in [0.15, 0.2) is 11.5 Å². The van der Waals surface area contributed by atoms with Crippen LogP contribution >= 0.6 is 11.3 Å². The largest absolute Gasteiger partial charge is 0.389 e. The fourth-order valence-electron chi connectivity index (χ4n) is 4.93. The zero-order valence-corrected chi connectivity index (χ0v) is 19.9. The number of halogens is 2. The first-order chi connectivity index (χ1) is 16.8. The Morgan fingerprint density at radius 1 is 1.23 bits per heavy atom. The Labute approximate surface area is 204 Å². The molecule has 0 unspecified atom stereocenters. The quantitative estimate of drug-likeness (QED) is 0.505. The van der Waals surface area contributed by atoms with Gasteiger partial charge in [-0.3, -0.25) is 14.3 Å². The first-order valence-corrected chi connectivity index (χ1v) is 12.2. The van der Waals surface area contributed by atoms with Crippen LogP contribution in [0.3, 0.4) is 0 Å². The van der Waals surface area contributed by atoms with E-state index in [4.69, 9.17) is 5.73 Å². The van der Waals surface area contributed by atoms with Crippen LogP contribution in [-0.4, -0.2) is 45.2 Å². The van der Waals surface area contributed by atoms with Crippen LogP contribution in [0.5, 0.6) is 0 Å². The summed E-state index contributed by atoms with van der Waals surface area (Å²) < 4.78 is 30.1. The highest BCUT2D eigenvalue weighted by atomic mass is 32.1. The number of aromatic nitrogens is 3. The van der Waals surface area contributed by atoms with E-state index in [2.05, 4.69) is 25.6 Å². The number of hydrogen-bond acceptors (Lipinski definition) is 7. The van der Waals surface area contributed by atoms with E-state index in [1.165, 1.54) is 6.07 Å². The average Bonchev–Trinajstić information content (AvgIpc) is 3.43. The second-order valence-electron chi connectivity index (χ2n) is 8.96. The topological polar surface area (TPSA) is 118 Å². The molecular weight excluding hydrogens is 476 g/mol. The molecule has 0 bridgehead atoms. The summed E-state index contributed by atoms with van der Waals surface area (Å²) in [5.74, 6) is -1.32. The SMILES string of the molecule is Cn1ncc(NC(=O)c2nc(-c3c(F)cccc3F)sc2N)c1N1CCC[C@@]2(CCC(=O)N2)CC1. The first kappa shape index (κ1) is 23.2. The molecule has 0 aliphatic carbocycles. The lowest BCUT2D eigenvalue weighted by molar-refractivity contribution is -0.119. The molecule has 0 saturated carbocycles. The fraction of sp³-hybridized carbons (Fsp3) is 0.391. The number of nitrogen functional groups attached to an aromatic ring is 1. The predicted molar refractivity (Wildman–Crippen MR) is 129 cm³/mol. The van der Waals surface area contributed by atoms with Gasteiger partial charge >= 0.3 is 0 Å². The van der Waals surface area contributed by atoms with Gasteiger partial charge in [0.2, 0.25) is 5.91 Å². The molecule has 9 nitrogen and oxygen atoms in total. The summed E-state index contributed by atoms with van der Waals surface area (Å²) in [6.45, 7) is 1.44. The Bertz CT molecular complexity index is 1290. The molecule has 5 rings (SSSR count). The van der Waals surface area contributed by atoms with Crippen LogP contribution in [0.1, 0.15) is 42.6 Å². The summed E-state index contributed by atoms with van der Waals surface area (Å²) in [7, 11) is 1.79. The van der Waals surface area contributed by atoms with Crippen LogP contribution in [0, 0.1) is 11.6 Å². The van der Waals surface area contributed by atoms with Crippen molar-refractivity contribution < 1.29 is 18.4 Å². The molecule has 2 saturated heterocycles. The van der Waals surface area contributed by atoms with Gasteiger partial charge in [0, 0.05) is 32.1 Å². The van der Waals surface area contributed by atoms with Crippen LogP contribution < -0.4 is 21.3 Å². The number of anilines is 3. The molecule has 35 heavy (non-hydrogen) atoms. The van der Waals surface area contributed by atoms with Crippen LogP contribution in [0.15, 0.2) is 24.4 Å². The zero-order chi connectivity index (χ0) is 24.7. The lowest BCUT2D eigenvalue weighted by atomic mass is 9.89. The number of carbonyl (C=O) groups excluding carboxylic acids is 2. The van der Waals surface area contributed by atoms with Crippen molar-refractivity contribution in [2.75, 3.05) is 29.0 Å². The maximum absolute atomic E-state index is 14.2. The molecule has 4 heterocycles. The number of rotatable bonds is 4. The lowest BCUT2D eigenvalue weighted by Crippen LogP contribution is -2.42. The van der Waals surface area contributed by atoms with Gasteiger partial charge < -0.3 is 21.3 Å². The van der Waals surface area contributed by atoms with Crippen LogP contribution in [0.2, 0.25) is 0 Å². The molecule has 184 valence electrons. The van der Waals surface area contributed by atoms with E-state index in [9.17, 15) is 18.4 Å². The van der Waals surface area contributed by atoms with Crippen molar-refractivity contribution in [3.8, 4) is 10.6 Å². The maximum atomic E-state index is 14.2. The Morgan fingerprint density at radius 2 is 2.00 bits per heavy atom. The van der Waals surface area contributed by atoms with Crippen molar-refractivity contribution in [3.63, 3.8) is 0 Å². The number of carbonyl (C=O) groups is 2. The number of thiazole rings is 1. The summed E-state index contributed by atoms with van der Waals surface area (Å²) in [6.07, 6.45) is 5.53. The molecule has 0 radical (unpaired) electrons. The van der Waals surface area contributed by atoms with E-state index in [0.29, 0.717) is 18.7 Å². The molecule has 4 N–H and O–H groups in total. The molecule has 2 amide bonds. The highest BCUT2D eigenvalue weighted by Crippen LogP contribution is 2.36. The van der Waals surface area contributed by atoms with Gasteiger partial charge in [0.05, 0.1) is 11.8 Å². The first-order valence-electron chi connectivity index (χ1n) is 11.4. The van der Waals surface area contributed by atoms with Gasteiger partial charge in [-0.25, -0.2) is 13.8 Å². The Balaban J connectivity index is 1.36. The molecule has 1 atom stereocenters. The lowest BCUT2D eigenvalue weighted by Gasteiger charge is -2.28. The van der Waals surface area contributed by atoms with Gasteiger partial charge in [-0.1, -0.05) is 17.4 Å². The van der Waals surface area contributed by atoms with Crippen molar-refractivity contribution in [2.24, 2.45) is 7.05 Å². The average molecular weight is 502 g/mol. The molecule has 2 fully saturated rings. The van der Waals surface area contributed by atoms with Crippen molar-refractivity contribution in [1.82, 2.24) is 20.1 Å². The highest BCUT2D eigenvalue weighted by molar-refractivity contribution is 7.19. The predicted octanol–water partition coefficient (Wildman–Crippen LogP) is 3.30. The van der Waals surface area contributed by atoms with E-state index in [-0.39, 0.29) is 32.7 Å². The van der Waals surface area contributed by atoms with Crippen LogP contribution in [0.4, 0.5) is 25.3 Å². The number of nitrogens with one attached hydrogen (secondary N) is 2. The third-order valence-electron chi connectivity index (χ3n) is 6.68.